The molecule has 2 atom stereocenters. The predicted octanol–water partition coefficient (Wildman–Crippen LogP) is 5.21. The van der Waals surface area contributed by atoms with Gasteiger partial charge >= 0.3 is 0 Å². The molecule has 4 nitrogen and oxygen atoms in total. The summed E-state index contributed by atoms with van der Waals surface area (Å²) in [6.07, 6.45) is 5.45. The van der Waals surface area contributed by atoms with Crippen LogP contribution in [0.5, 0.6) is 17.2 Å². The van der Waals surface area contributed by atoms with Crippen LogP contribution in [0.15, 0.2) is 54.7 Å². The minimum absolute atomic E-state index is 0.195. The predicted molar refractivity (Wildman–Crippen MR) is 111 cm³/mol. The Kier molecular flexibility index (Phi) is 5.93. The van der Waals surface area contributed by atoms with E-state index in [1.807, 2.05) is 30.3 Å². The van der Waals surface area contributed by atoms with Crippen molar-refractivity contribution in [2.24, 2.45) is 11.8 Å². The molecule has 1 fully saturated rings. The number of benzene rings is 2. The molecule has 5 heteroatoms. The molecule has 0 radical (unpaired) electrons. The lowest BCUT2D eigenvalue weighted by Gasteiger charge is -2.38. The summed E-state index contributed by atoms with van der Waals surface area (Å²) in [7, 11) is 0. The Hall–Kier alpha value is -2.69. The summed E-state index contributed by atoms with van der Waals surface area (Å²) in [4.78, 5) is 2.37. The van der Waals surface area contributed by atoms with Crippen LogP contribution in [0.25, 0.3) is 0 Å². The van der Waals surface area contributed by atoms with Crippen LogP contribution in [0.1, 0.15) is 31.7 Å². The van der Waals surface area contributed by atoms with Crippen molar-refractivity contribution in [2.75, 3.05) is 26.5 Å². The van der Waals surface area contributed by atoms with Gasteiger partial charge < -0.3 is 19.1 Å². The fraction of sp³-hybridized carbons (Fsp3) is 0.417. The van der Waals surface area contributed by atoms with E-state index in [-0.39, 0.29) is 12.6 Å². The largest absolute Gasteiger partial charge is 0.493 e. The second kappa shape index (κ2) is 8.76. The van der Waals surface area contributed by atoms with Gasteiger partial charge in [0.1, 0.15) is 11.6 Å². The van der Waals surface area contributed by atoms with Crippen molar-refractivity contribution in [2.45, 2.75) is 26.2 Å². The van der Waals surface area contributed by atoms with Crippen molar-refractivity contribution in [3.63, 3.8) is 0 Å². The third kappa shape index (κ3) is 4.84. The average Bonchev–Trinajstić information content (AvgIpc) is 3.19. The molecule has 0 aromatic heterocycles. The first-order valence-corrected chi connectivity index (χ1v) is 10.3. The molecular weight excluding hydrogens is 369 g/mol. The van der Waals surface area contributed by atoms with Gasteiger partial charge in [0.2, 0.25) is 6.79 Å². The molecule has 4 rings (SSSR count). The Balaban J connectivity index is 1.48. The number of rotatable bonds is 6. The molecule has 2 aromatic rings. The second-order valence-electron chi connectivity index (χ2n) is 8.11. The van der Waals surface area contributed by atoms with Gasteiger partial charge in [-0.1, -0.05) is 32.1 Å². The van der Waals surface area contributed by atoms with Crippen molar-refractivity contribution in [3.05, 3.63) is 66.1 Å². The molecule has 0 N–H and O–H groups in total. The highest BCUT2D eigenvalue weighted by Crippen LogP contribution is 2.37. The minimum Gasteiger partial charge on any atom is -0.493 e. The topological polar surface area (TPSA) is 30.9 Å². The third-order valence-corrected chi connectivity index (χ3v) is 5.55. The molecule has 2 aliphatic heterocycles. The highest BCUT2D eigenvalue weighted by Gasteiger charge is 2.30. The van der Waals surface area contributed by atoms with Crippen LogP contribution < -0.4 is 14.2 Å². The standard InChI is InChI=1S/C24H28FNO3/c1-17(2)9-11-26-12-10-22(18-3-5-20(25)6-4-18)19(14-26)15-27-21-7-8-23-24(13-21)29-16-28-23/h3-9,11,13,17,19,22H,10,12,14-16H2,1-2H3/b11-9+/t19-,22-/m1/s1. The van der Waals surface area contributed by atoms with Crippen molar-refractivity contribution < 1.29 is 18.6 Å². The zero-order chi connectivity index (χ0) is 20.2. The summed E-state index contributed by atoms with van der Waals surface area (Å²) in [6, 6.07) is 12.6. The molecule has 1 saturated heterocycles. The fourth-order valence-electron chi connectivity index (χ4n) is 3.98. The van der Waals surface area contributed by atoms with E-state index in [0.29, 0.717) is 24.4 Å². The van der Waals surface area contributed by atoms with Crippen LogP contribution in [0.4, 0.5) is 4.39 Å². The van der Waals surface area contributed by atoms with Crippen LogP contribution in [0, 0.1) is 17.7 Å². The number of halogens is 1. The molecule has 0 saturated carbocycles. The fourth-order valence-corrected chi connectivity index (χ4v) is 3.98. The van der Waals surface area contributed by atoms with Gasteiger partial charge in [-0.3, -0.25) is 0 Å². The second-order valence-corrected chi connectivity index (χ2v) is 8.11. The van der Waals surface area contributed by atoms with Crippen molar-refractivity contribution in [1.82, 2.24) is 4.90 Å². The molecule has 29 heavy (non-hydrogen) atoms. The molecule has 0 spiro atoms. The Labute approximate surface area is 171 Å². The molecule has 0 aliphatic carbocycles. The number of nitrogens with zero attached hydrogens (tertiary/aromatic N) is 1. The lowest BCUT2D eigenvalue weighted by atomic mass is 9.81. The number of hydrogen-bond donors (Lipinski definition) is 0. The summed E-state index contributed by atoms with van der Waals surface area (Å²) in [5.74, 6) is 3.23. The molecule has 2 aliphatic rings. The zero-order valence-electron chi connectivity index (χ0n) is 17.0. The quantitative estimate of drug-likeness (QED) is 0.670. The number of hydrogen-bond acceptors (Lipinski definition) is 4. The van der Waals surface area contributed by atoms with E-state index in [0.717, 1.165) is 36.8 Å². The first kappa shape index (κ1) is 19.6. The molecule has 2 heterocycles. The number of allylic oxidation sites excluding steroid dienone is 1. The van der Waals surface area contributed by atoms with Gasteiger partial charge in [0.05, 0.1) is 6.61 Å². The highest BCUT2D eigenvalue weighted by atomic mass is 19.1. The van der Waals surface area contributed by atoms with Crippen LogP contribution in [-0.2, 0) is 0 Å². The monoisotopic (exact) mass is 397 g/mol. The molecule has 0 bridgehead atoms. The van der Waals surface area contributed by atoms with Crippen molar-refractivity contribution in [3.8, 4) is 17.2 Å². The SMILES string of the molecule is CC(C)/C=C/N1CC[C@H](c2ccc(F)cc2)[C@@H](COc2ccc3c(c2)OCO3)C1. The number of piperidine rings is 1. The Morgan fingerprint density at radius 3 is 2.72 bits per heavy atom. The van der Waals surface area contributed by atoms with E-state index in [9.17, 15) is 4.39 Å². The lowest BCUT2D eigenvalue weighted by Crippen LogP contribution is -2.39. The van der Waals surface area contributed by atoms with Crippen LogP contribution >= 0.6 is 0 Å². The number of fused-ring (bicyclic) bond motifs is 1. The maximum absolute atomic E-state index is 13.4. The summed E-state index contributed by atoms with van der Waals surface area (Å²) < 4.78 is 30.4. The number of likely N-dealkylation sites (tertiary alicyclic amines) is 1. The minimum atomic E-state index is -0.195. The number of ether oxygens (including phenoxy) is 3. The zero-order valence-corrected chi connectivity index (χ0v) is 17.0. The van der Waals surface area contributed by atoms with Crippen molar-refractivity contribution in [1.29, 1.82) is 0 Å². The Morgan fingerprint density at radius 1 is 1.14 bits per heavy atom. The van der Waals surface area contributed by atoms with E-state index in [1.54, 1.807) is 12.1 Å². The molecular formula is C24H28FNO3. The van der Waals surface area contributed by atoms with Crippen molar-refractivity contribution >= 4 is 0 Å². The van der Waals surface area contributed by atoms with Gasteiger partial charge in [-0.25, -0.2) is 4.39 Å². The molecule has 0 amide bonds. The summed E-state index contributed by atoms with van der Waals surface area (Å²) in [6.45, 7) is 7.12. The first-order chi connectivity index (χ1) is 14.1. The Morgan fingerprint density at radius 2 is 1.93 bits per heavy atom. The summed E-state index contributed by atoms with van der Waals surface area (Å²) in [5.41, 5.74) is 1.18. The maximum Gasteiger partial charge on any atom is 0.231 e. The lowest BCUT2D eigenvalue weighted by molar-refractivity contribution is 0.141. The Bertz CT molecular complexity index is 850. The summed E-state index contributed by atoms with van der Waals surface area (Å²) in [5, 5.41) is 0. The highest BCUT2D eigenvalue weighted by molar-refractivity contribution is 5.46. The first-order valence-electron chi connectivity index (χ1n) is 10.3. The van der Waals surface area contributed by atoms with E-state index >= 15 is 0 Å². The smallest absolute Gasteiger partial charge is 0.231 e. The molecule has 154 valence electrons. The van der Waals surface area contributed by atoms with E-state index < -0.39 is 0 Å². The van der Waals surface area contributed by atoms with E-state index in [2.05, 4.69) is 31.0 Å². The molecule has 2 aromatic carbocycles. The normalized spacial score (nSPS) is 21.2. The van der Waals surface area contributed by atoms with Gasteiger partial charge in [0, 0.05) is 25.1 Å². The van der Waals surface area contributed by atoms with Gasteiger partial charge in [0.25, 0.3) is 0 Å². The third-order valence-electron chi connectivity index (χ3n) is 5.55. The van der Waals surface area contributed by atoms with Crippen LogP contribution in [-0.4, -0.2) is 31.4 Å². The van der Waals surface area contributed by atoms with Crippen LogP contribution in [0.3, 0.4) is 0 Å². The van der Waals surface area contributed by atoms with Gasteiger partial charge in [0.15, 0.2) is 11.5 Å². The van der Waals surface area contributed by atoms with Gasteiger partial charge in [-0.05, 0) is 54.3 Å². The van der Waals surface area contributed by atoms with E-state index in [1.165, 1.54) is 5.56 Å². The van der Waals surface area contributed by atoms with E-state index in [4.69, 9.17) is 14.2 Å². The molecule has 0 unspecified atom stereocenters. The average molecular weight is 397 g/mol. The van der Waals surface area contributed by atoms with Gasteiger partial charge in [-0.2, -0.15) is 0 Å². The van der Waals surface area contributed by atoms with Crippen LogP contribution in [0.2, 0.25) is 0 Å². The maximum atomic E-state index is 13.4. The summed E-state index contributed by atoms with van der Waals surface area (Å²) >= 11 is 0. The van der Waals surface area contributed by atoms with Gasteiger partial charge in [-0.15, -0.1) is 0 Å².